The average Bonchev–Trinajstić information content (AvgIpc) is 3.39. The fourth-order valence-electron chi connectivity index (χ4n) is 4.65. The van der Waals surface area contributed by atoms with E-state index in [4.69, 9.17) is 21.1 Å². The number of rotatable bonds is 11. The molecule has 1 N–H and O–H groups in total. The summed E-state index contributed by atoms with van der Waals surface area (Å²) >= 11 is 8.59. The summed E-state index contributed by atoms with van der Waals surface area (Å²) in [5, 5.41) is 3.39. The first-order valence-electron chi connectivity index (χ1n) is 13.3. The number of carbonyl (C=O) groups is 3. The van der Waals surface area contributed by atoms with Gasteiger partial charge in [0.2, 0.25) is 5.91 Å². The average molecular weight is 642 g/mol. The topological polar surface area (TPSA) is 133 Å². The standard InChI is InChI=1S/C27H32ClN3O7S3/c1-4-37-11-10-31-19-9-7-17(28)13-21(19)40-27(31)30-23(33)15-41(35,36)14-22(32)29-25-24(26(34)38-5-2)18-8-6-16(3)12-20(18)39-25/h7,9,13,16H,4-6,8,10-12,14-15H2,1-3H3,(H,29,32). The fourth-order valence-corrected chi connectivity index (χ4v) is 8.43. The Morgan fingerprint density at radius 3 is 2.68 bits per heavy atom. The molecule has 4 rings (SSSR count). The predicted octanol–water partition coefficient (Wildman–Crippen LogP) is 4.24. The molecule has 0 radical (unpaired) electrons. The number of hydrogen-bond acceptors (Lipinski definition) is 9. The van der Waals surface area contributed by atoms with Gasteiger partial charge in [0, 0.05) is 23.1 Å². The number of sulfone groups is 1. The van der Waals surface area contributed by atoms with Crippen LogP contribution in [0.4, 0.5) is 5.00 Å². The highest BCUT2D eigenvalue weighted by atomic mass is 35.5. The quantitative estimate of drug-likeness (QED) is 0.245. The Labute approximate surface area is 251 Å². The molecule has 0 fully saturated rings. The summed E-state index contributed by atoms with van der Waals surface area (Å²) in [6.45, 7) is 7.16. The van der Waals surface area contributed by atoms with Crippen LogP contribution in [0.1, 0.15) is 48.0 Å². The molecule has 2 aromatic heterocycles. The van der Waals surface area contributed by atoms with Crippen LogP contribution in [0.25, 0.3) is 10.2 Å². The van der Waals surface area contributed by atoms with E-state index in [1.807, 2.05) is 6.92 Å². The minimum Gasteiger partial charge on any atom is -0.462 e. The van der Waals surface area contributed by atoms with Crippen LogP contribution >= 0.6 is 34.3 Å². The number of thiazole rings is 1. The smallest absolute Gasteiger partial charge is 0.341 e. The number of benzene rings is 1. The molecule has 41 heavy (non-hydrogen) atoms. The minimum absolute atomic E-state index is 0.172. The van der Waals surface area contributed by atoms with Crippen LogP contribution in [0.3, 0.4) is 0 Å². The molecule has 0 saturated heterocycles. The van der Waals surface area contributed by atoms with Crippen molar-refractivity contribution in [3.63, 3.8) is 0 Å². The highest BCUT2D eigenvalue weighted by molar-refractivity contribution is 7.92. The Morgan fingerprint density at radius 2 is 1.95 bits per heavy atom. The lowest BCUT2D eigenvalue weighted by Crippen LogP contribution is -2.28. The van der Waals surface area contributed by atoms with Crippen LogP contribution in [0.2, 0.25) is 5.02 Å². The van der Waals surface area contributed by atoms with E-state index in [1.165, 1.54) is 22.7 Å². The molecule has 1 aliphatic carbocycles. The van der Waals surface area contributed by atoms with Crippen LogP contribution < -0.4 is 10.1 Å². The molecule has 1 atom stereocenters. The molecule has 0 saturated carbocycles. The van der Waals surface area contributed by atoms with E-state index in [0.29, 0.717) is 41.9 Å². The Kier molecular flexibility index (Phi) is 10.4. The summed E-state index contributed by atoms with van der Waals surface area (Å²) < 4.78 is 38.9. The second-order valence-corrected chi connectivity index (χ2v) is 14.3. The molecule has 2 amide bonds. The number of anilines is 1. The van der Waals surface area contributed by atoms with Gasteiger partial charge in [-0.05, 0) is 62.8 Å². The van der Waals surface area contributed by atoms with Gasteiger partial charge >= 0.3 is 5.97 Å². The molecule has 222 valence electrons. The van der Waals surface area contributed by atoms with Crippen molar-refractivity contribution in [3.8, 4) is 0 Å². The predicted molar refractivity (Wildman–Crippen MR) is 161 cm³/mol. The second kappa shape index (κ2) is 13.6. The molecule has 2 heterocycles. The van der Waals surface area contributed by atoms with E-state index in [0.717, 1.165) is 33.5 Å². The zero-order valence-corrected chi connectivity index (χ0v) is 26.2. The van der Waals surface area contributed by atoms with Crippen molar-refractivity contribution in [1.82, 2.24) is 4.57 Å². The molecule has 0 aliphatic heterocycles. The number of hydrogen-bond donors (Lipinski definition) is 1. The molecule has 0 bridgehead atoms. The second-order valence-electron chi connectivity index (χ2n) is 9.71. The van der Waals surface area contributed by atoms with Gasteiger partial charge in [-0.25, -0.2) is 13.2 Å². The van der Waals surface area contributed by atoms with Crippen LogP contribution in [-0.2, 0) is 48.3 Å². The van der Waals surface area contributed by atoms with Crippen molar-refractivity contribution in [2.45, 2.75) is 46.6 Å². The largest absolute Gasteiger partial charge is 0.462 e. The number of esters is 1. The Hall–Kier alpha value is -2.58. The van der Waals surface area contributed by atoms with E-state index in [9.17, 15) is 22.8 Å². The van der Waals surface area contributed by atoms with Crippen molar-refractivity contribution in [2.75, 3.05) is 36.6 Å². The highest BCUT2D eigenvalue weighted by Crippen LogP contribution is 2.40. The lowest BCUT2D eigenvalue weighted by atomic mass is 9.88. The molecule has 10 nitrogen and oxygen atoms in total. The number of nitrogens with one attached hydrogen (secondary N) is 1. The zero-order chi connectivity index (χ0) is 29.7. The normalized spacial score (nSPS) is 15.6. The summed E-state index contributed by atoms with van der Waals surface area (Å²) in [6, 6.07) is 5.27. The summed E-state index contributed by atoms with van der Waals surface area (Å²) in [7, 11) is -4.16. The number of amides is 2. The number of fused-ring (bicyclic) bond motifs is 2. The van der Waals surface area contributed by atoms with E-state index in [-0.39, 0.29) is 17.2 Å². The third kappa shape index (κ3) is 7.83. The van der Waals surface area contributed by atoms with Gasteiger partial charge in [0.1, 0.15) is 16.5 Å². The lowest BCUT2D eigenvalue weighted by molar-refractivity contribution is -0.115. The number of thiophene rings is 1. The Bertz CT molecular complexity index is 1640. The van der Waals surface area contributed by atoms with E-state index < -0.39 is 39.1 Å². The van der Waals surface area contributed by atoms with Gasteiger partial charge in [-0.1, -0.05) is 29.9 Å². The van der Waals surface area contributed by atoms with Gasteiger partial charge in [-0.3, -0.25) is 9.59 Å². The highest BCUT2D eigenvalue weighted by Gasteiger charge is 2.30. The molecule has 1 aliphatic rings. The number of aromatic nitrogens is 1. The molecule has 3 aromatic rings. The SMILES string of the molecule is CCOCCn1c(=NC(=O)CS(=O)(=O)CC(=O)Nc2sc3c(c2C(=O)OCC)CCC(C)C3)sc2cc(Cl)ccc21. The monoisotopic (exact) mass is 641 g/mol. The summed E-state index contributed by atoms with van der Waals surface area (Å²) in [5.41, 5.74) is 1.93. The minimum atomic E-state index is -4.16. The Morgan fingerprint density at radius 1 is 1.17 bits per heavy atom. The van der Waals surface area contributed by atoms with Gasteiger partial charge in [0.15, 0.2) is 14.6 Å². The number of nitrogens with zero attached hydrogens (tertiary/aromatic N) is 2. The summed E-state index contributed by atoms with van der Waals surface area (Å²) in [6.07, 6.45) is 2.35. The molecular weight excluding hydrogens is 610 g/mol. The Balaban J connectivity index is 1.51. The molecular formula is C27H32ClN3O7S3. The summed E-state index contributed by atoms with van der Waals surface area (Å²) in [4.78, 5) is 43.7. The van der Waals surface area contributed by atoms with E-state index in [1.54, 1.807) is 29.7 Å². The molecule has 1 aromatic carbocycles. The first-order valence-corrected chi connectivity index (χ1v) is 17.1. The fraction of sp³-hybridized carbons (Fsp3) is 0.481. The van der Waals surface area contributed by atoms with Crippen LogP contribution in [-0.4, -0.2) is 62.1 Å². The van der Waals surface area contributed by atoms with Crippen molar-refractivity contribution >= 4 is 77.1 Å². The van der Waals surface area contributed by atoms with Crippen molar-refractivity contribution in [2.24, 2.45) is 10.9 Å². The molecule has 14 heteroatoms. The van der Waals surface area contributed by atoms with Gasteiger partial charge < -0.3 is 19.4 Å². The maximum absolute atomic E-state index is 12.8. The van der Waals surface area contributed by atoms with Crippen LogP contribution in [0.15, 0.2) is 23.2 Å². The van der Waals surface area contributed by atoms with Crippen LogP contribution in [0, 0.1) is 5.92 Å². The van der Waals surface area contributed by atoms with E-state index >= 15 is 0 Å². The van der Waals surface area contributed by atoms with Crippen molar-refractivity contribution in [3.05, 3.63) is 44.0 Å². The third-order valence-electron chi connectivity index (χ3n) is 6.47. The first kappa shape index (κ1) is 31.4. The third-order valence-corrected chi connectivity index (χ3v) is 10.3. The zero-order valence-electron chi connectivity index (χ0n) is 23.0. The van der Waals surface area contributed by atoms with Gasteiger partial charge in [-0.2, -0.15) is 4.99 Å². The van der Waals surface area contributed by atoms with Crippen LogP contribution in [0.5, 0.6) is 0 Å². The summed E-state index contributed by atoms with van der Waals surface area (Å²) in [5.74, 6) is -3.71. The lowest BCUT2D eigenvalue weighted by Gasteiger charge is -2.18. The first-order chi connectivity index (χ1) is 19.5. The number of halogens is 1. The number of ether oxygens (including phenoxy) is 2. The maximum Gasteiger partial charge on any atom is 0.341 e. The number of carbonyl (C=O) groups excluding carboxylic acids is 3. The van der Waals surface area contributed by atoms with Crippen molar-refractivity contribution < 1.29 is 32.3 Å². The van der Waals surface area contributed by atoms with Crippen molar-refractivity contribution in [1.29, 1.82) is 0 Å². The van der Waals surface area contributed by atoms with E-state index in [2.05, 4.69) is 17.2 Å². The van der Waals surface area contributed by atoms with Gasteiger partial charge in [-0.15, -0.1) is 11.3 Å². The van der Waals surface area contributed by atoms with Gasteiger partial charge in [0.25, 0.3) is 5.91 Å². The molecule has 1 unspecified atom stereocenters. The maximum atomic E-state index is 12.8. The molecule has 0 spiro atoms. The van der Waals surface area contributed by atoms with Gasteiger partial charge in [0.05, 0.1) is 29.0 Å².